The molecule has 2 heterocycles. The molecule has 8 heteroatoms. The summed E-state index contributed by atoms with van der Waals surface area (Å²) in [4.78, 5) is 31.9. The molecule has 0 fully saturated rings. The fraction of sp³-hybridized carbons (Fsp3) is 0.364. The molecule has 1 N–H and O–H groups in total. The summed E-state index contributed by atoms with van der Waals surface area (Å²) in [6, 6.07) is 7.44. The van der Waals surface area contributed by atoms with Crippen molar-refractivity contribution in [3.8, 4) is 0 Å². The van der Waals surface area contributed by atoms with E-state index in [1.807, 2.05) is 59.0 Å². The van der Waals surface area contributed by atoms with Crippen LogP contribution in [0.25, 0.3) is 11.0 Å². The van der Waals surface area contributed by atoms with Crippen molar-refractivity contribution in [3.63, 3.8) is 0 Å². The number of aryl methyl sites for hydroxylation is 3. The number of halogens is 1. The molecule has 0 aliphatic heterocycles. The summed E-state index contributed by atoms with van der Waals surface area (Å²) in [5.74, 6) is -0.332. The van der Waals surface area contributed by atoms with Crippen LogP contribution < -0.4 is 5.32 Å². The Labute approximate surface area is 184 Å². The van der Waals surface area contributed by atoms with Crippen LogP contribution in [-0.2, 0) is 11.8 Å². The third-order valence-corrected chi connectivity index (χ3v) is 5.49. The zero-order valence-electron chi connectivity index (χ0n) is 18.1. The van der Waals surface area contributed by atoms with Gasteiger partial charge in [-0.3, -0.25) is 14.3 Å². The molecule has 0 saturated carbocycles. The first-order chi connectivity index (χ1) is 14.1. The highest BCUT2D eigenvalue weighted by molar-refractivity contribution is 9.10. The molecule has 30 heavy (non-hydrogen) atoms. The maximum absolute atomic E-state index is 13.3. The zero-order chi connectivity index (χ0) is 22.2. The van der Waals surface area contributed by atoms with Crippen LogP contribution in [0.3, 0.4) is 0 Å². The van der Waals surface area contributed by atoms with Gasteiger partial charge in [-0.15, -0.1) is 0 Å². The van der Waals surface area contributed by atoms with Crippen LogP contribution in [0.15, 0.2) is 28.7 Å². The summed E-state index contributed by atoms with van der Waals surface area (Å²) in [7, 11) is 3.45. The van der Waals surface area contributed by atoms with Crippen molar-refractivity contribution in [2.24, 2.45) is 7.05 Å². The predicted molar refractivity (Wildman–Crippen MR) is 122 cm³/mol. The topological polar surface area (TPSA) is 80.1 Å². The second kappa shape index (κ2) is 8.55. The number of benzene rings is 1. The minimum atomic E-state index is -0.256. The average Bonchev–Trinajstić information content (AvgIpc) is 2.96. The normalized spacial score (nSPS) is 11.2. The number of nitrogens with one attached hydrogen (secondary N) is 1. The molecule has 0 unspecified atom stereocenters. The van der Waals surface area contributed by atoms with Crippen molar-refractivity contribution >= 4 is 44.5 Å². The van der Waals surface area contributed by atoms with Gasteiger partial charge in [0.1, 0.15) is 0 Å². The zero-order valence-corrected chi connectivity index (χ0v) is 19.7. The van der Waals surface area contributed by atoms with E-state index in [0.717, 1.165) is 32.5 Å². The van der Waals surface area contributed by atoms with Gasteiger partial charge in [0.15, 0.2) is 5.65 Å². The molecule has 0 atom stereocenters. The smallest absolute Gasteiger partial charge is 0.254 e. The Morgan fingerprint density at radius 2 is 1.93 bits per heavy atom. The Balaban J connectivity index is 1.86. The van der Waals surface area contributed by atoms with Gasteiger partial charge < -0.3 is 10.2 Å². The van der Waals surface area contributed by atoms with Gasteiger partial charge in [0, 0.05) is 29.9 Å². The molecular weight excluding hydrogens is 446 g/mol. The van der Waals surface area contributed by atoms with Crippen LogP contribution >= 0.6 is 15.9 Å². The van der Waals surface area contributed by atoms with Gasteiger partial charge in [-0.05, 0) is 49.6 Å². The largest absolute Gasteiger partial charge is 0.332 e. The first kappa shape index (κ1) is 22.0. The molecular formula is C22H26BrN5O2. The SMILES string of the molecule is Cc1cc(Br)ccc1NC(=O)CN(C)C(=O)c1cc(C(C)C)nc2c1c(C)nn2C. The molecule has 0 radical (unpaired) electrons. The lowest BCUT2D eigenvalue weighted by Crippen LogP contribution is -2.35. The Morgan fingerprint density at radius 3 is 2.57 bits per heavy atom. The van der Waals surface area contributed by atoms with Crippen LogP contribution in [-0.4, -0.2) is 45.1 Å². The molecule has 0 saturated heterocycles. The van der Waals surface area contributed by atoms with Crippen LogP contribution in [0.2, 0.25) is 0 Å². The lowest BCUT2D eigenvalue weighted by Gasteiger charge is -2.19. The Morgan fingerprint density at radius 1 is 1.23 bits per heavy atom. The van der Waals surface area contributed by atoms with Gasteiger partial charge in [-0.1, -0.05) is 29.8 Å². The predicted octanol–water partition coefficient (Wildman–Crippen LogP) is 4.18. The van der Waals surface area contributed by atoms with Gasteiger partial charge >= 0.3 is 0 Å². The molecule has 0 spiro atoms. The van der Waals surface area contributed by atoms with E-state index < -0.39 is 0 Å². The number of aromatic nitrogens is 3. The summed E-state index contributed by atoms with van der Waals surface area (Å²) in [6.45, 7) is 7.78. The monoisotopic (exact) mass is 471 g/mol. The van der Waals surface area contributed by atoms with E-state index in [9.17, 15) is 9.59 Å². The lowest BCUT2D eigenvalue weighted by molar-refractivity contribution is -0.116. The van der Waals surface area contributed by atoms with Gasteiger partial charge in [0.2, 0.25) is 5.91 Å². The number of anilines is 1. The van der Waals surface area contributed by atoms with Crippen molar-refractivity contribution in [1.29, 1.82) is 0 Å². The minimum absolute atomic E-state index is 0.0610. The Bertz CT molecular complexity index is 1140. The lowest BCUT2D eigenvalue weighted by atomic mass is 10.0. The van der Waals surface area contributed by atoms with E-state index >= 15 is 0 Å². The van der Waals surface area contributed by atoms with Gasteiger partial charge in [0.25, 0.3) is 5.91 Å². The van der Waals surface area contributed by atoms with Crippen molar-refractivity contribution in [1.82, 2.24) is 19.7 Å². The first-order valence-corrected chi connectivity index (χ1v) is 10.5. The third-order valence-electron chi connectivity index (χ3n) is 5.00. The number of pyridine rings is 1. The second-order valence-electron chi connectivity index (χ2n) is 7.83. The molecule has 2 aromatic heterocycles. The number of nitrogens with zero attached hydrogens (tertiary/aromatic N) is 4. The number of carbonyl (C=O) groups excluding carboxylic acids is 2. The highest BCUT2D eigenvalue weighted by Crippen LogP contribution is 2.26. The standard InChI is InChI=1S/C22H26BrN5O2/c1-12(2)18-10-16(20-14(4)26-28(6)21(20)25-18)22(30)27(5)11-19(29)24-17-8-7-15(23)9-13(17)3/h7-10,12H,11H2,1-6H3,(H,24,29). The quantitative estimate of drug-likeness (QED) is 0.604. The highest BCUT2D eigenvalue weighted by Gasteiger charge is 2.23. The van der Waals surface area contributed by atoms with E-state index in [-0.39, 0.29) is 24.3 Å². The van der Waals surface area contributed by atoms with Crippen LogP contribution in [0.4, 0.5) is 5.69 Å². The van der Waals surface area contributed by atoms with Crippen LogP contribution in [0.5, 0.6) is 0 Å². The summed E-state index contributed by atoms with van der Waals surface area (Å²) in [5, 5.41) is 8.03. The van der Waals surface area contributed by atoms with E-state index in [0.29, 0.717) is 11.2 Å². The molecule has 0 aliphatic rings. The molecule has 1 aromatic carbocycles. The molecule has 2 amide bonds. The summed E-state index contributed by atoms with van der Waals surface area (Å²) >= 11 is 3.41. The molecule has 0 aliphatic carbocycles. The fourth-order valence-corrected chi connectivity index (χ4v) is 3.85. The second-order valence-corrected chi connectivity index (χ2v) is 8.74. The summed E-state index contributed by atoms with van der Waals surface area (Å²) in [6.07, 6.45) is 0. The summed E-state index contributed by atoms with van der Waals surface area (Å²) < 4.78 is 2.64. The van der Waals surface area contributed by atoms with E-state index in [1.54, 1.807) is 11.7 Å². The van der Waals surface area contributed by atoms with E-state index in [4.69, 9.17) is 0 Å². The Hall–Kier alpha value is -2.74. The maximum Gasteiger partial charge on any atom is 0.254 e. The number of hydrogen-bond acceptors (Lipinski definition) is 4. The fourth-order valence-electron chi connectivity index (χ4n) is 3.38. The van der Waals surface area contributed by atoms with Crippen molar-refractivity contribution < 1.29 is 9.59 Å². The molecule has 0 bridgehead atoms. The van der Waals surface area contributed by atoms with Gasteiger partial charge in [0.05, 0.1) is 23.2 Å². The molecule has 7 nitrogen and oxygen atoms in total. The molecule has 158 valence electrons. The minimum Gasteiger partial charge on any atom is -0.332 e. The van der Waals surface area contributed by atoms with Crippen molar-refractivity contribution in [3.05, 3.63) is 51.3 Å². The first-order valence-electron chi connectivity index (χ1n) is 9.74. The number of rotatable bonds is 5. The number of fused-ring (bicyclic) bond motifs is 1. The van der Waals surface area contributed by atoms with E-state index in [1.165, 1.54) is 4.90 Å². The average molecular weight is 472 g/mol. The van der Waals surface area contributed by atoms with Crippen LogP contribution in [0.1, 0.15) is 47.1 Å². The van der Waals surface area contributed by atoms with Crippen LogP contribution in [0, 0.1) is 13.8 Å². The Kier molecular flexibility index (Phi) is 6.26. The number of carbonyl (C=O) groups is 2. The molecule has 3 rings (SSSR count). The van der Waals surface area contributed by atoms with Gasteiger partial charge in [-0.2, -0.15) is 5.10 Å². The highest BCUT2D eigenvalue weighted by atomic mass is 79.9. The number of hydrogen-bond donors (Lipinski definition) is 1. The van der Waals surface area contributed by atoms with E-state index in [2.05, 4.69) is 31.3 Å². The van der Waals surface area contributed by atoms with Gasteiger partial charge in [-0.25, -0.2) is 4.98 Å². The third kappa shape index (κ3) is 4.38. The van der Waals surface area contributed by atoms with Crippen molar-refractivity contribution in [2.45, 2.75) is 33.6 Å². The molecule has 3 aromatic rings. The van der Waals surface area contributed by atoms with Crippen molar-refractivity contribution in [2.75, 3.05) is 18.9 Å². The number of amides is 2. The summed E-state index contributed by atoms with van der Waals surface area (Å²) in [5.41, 5.74) is 4.41. The maximum atomic E-state index is 13.3. The number of likely N-dealkylation sites (N-methyl/N-ethyl adjacent to an activating group) is 1.